The number of likely N-dealkylation sites (N-methyl/N-ethyl adjacent to an activating group) is 1. The molecule has 0 saturated carbocycles. The molecule has 2 rings (SSSR count). The fourth-order valence-electron chi connectivity index (χ4n) is 2.34. The van der Waals surface area contributed by atoms with Gasteiger partial charge in [0.25, 0.3) is 0 Å². The Morgan fingerprint density at radius 1 is 1.40 bits per heavy atom. The van der Waals surface area contributed by atoms with Crippen molar-refractivity contribution < 1.29 is 9.53 Å². The van der Waals surface area contributed by atoms with Crippen molar-refractivity contribution in [3.05, 3.63) is 29.3 Å². The fraction of sp³-hybridized carbons (Fsp3) is 0.533. The number of aryl methyl sites for hydroxylation is 2. The average molecular weight is 277 g/mol. The highest BCUT2D eigenvalue weighted by atomic mass is 16.5. The number of ether oxygens (including phenoxy) is 1. The predicted octanol–water partition coefficient (Wildman–Crippen LogP) is 2.40. The molecule has 1 aliphatic heterocycles. The van der Waals surface area contributed by atoms with Gasteiger partial charge in [-0.15, -0.1) is 0 Å². The standard InChI is InChI=1S/C15H23N3O2/c1-11-5-6-12(2)14(9-11)16-15(19)20-10-13-7-8-17(3)18(13)4/h5-6,9,13H,7-8,10H2,1-4H3,(H,16,19). The van der Waals surface area contributed by atoms with Crippen LogP contribution in [0.2, 0.25) is 0 Å². The van der Waals surface area contributed by atoms with Crippen LogP contribution in [-0.4, -0.2) is 49.4 Å². The van der Waals surface area contributed by atoms with E-state index >= 15 is 0 Å². The number of carbonyl (C=O) groups is 1. The Kier molecular flexibility index (Phi) is 4.62. The van der Waals surface area contributed by atoms with Crippen LogP contribution in [0.1, 0.15) is 17.5 Å². The summed E-state index contributed by atoms with van der Waals surface area (Å²) in [4.78, 5) is 11.9. The molecule has 5 heteroatoms. The van der Waals surface area contributed by atoms with Crippen LogP contribution < -0.4 is 5.32 Å². The van der Waals surface area contributed by atoms with Gasteiger partial charge in [-0.3, -0.25) is 5.32 Å². The minimum absolute atomic E-state index is 0.268. The summed E-state index contributed by atoms with van der Waals surface area (Å²) in [5.41, 5.74) is 2.96. The second kappa shape index (κ2) is 6.24. The Bertz CT molecular complexity index is 490. The zero-order valence-electron chi connectivity index (χ0n) is 12.6. The molecule has 20 heavy (non-hydrogen) atoms. The van der Waals surface area contributed by atoms with Crippen LogP contribution in [0.25, 0.3) is 0 Å². The maximum atomic E-state index is 11.9. The molecule has 0 aliphatic carbocycles. The lowest BCUT2D eigenvalue weighted by Crippen LogP contribution is -2.38. The lowest BCUT2D eigenvalue weighted by Gasteiger charge is -2.24. The molecule has 1 atom stereocenters. The summed E-state index contributed by atoms with van der Waals surface area (Å²) in [6.07, 6.45) is 0.630. The van der Waals surface area contributed by atoms with Crippen molar-refractivity contribution in [2.45, 2.75) is 26.3 Å². The molecule has 1 N–H and O–H groups in total. The number of hydrogen-bond donors (Lipinski definition) is 1. The molecular weight excluding hydrogens is 254 g/mol. The number of hydrazine groups is 1. The minimum atomic E-state index is -0.387. The highest BCUT2D eigenvalue weighted by Gasteiger charge is 2.26. The third kappa shape index (κ3) is 3.49. The number of rotatable bonds is 3. The van der Waals surface area contributed by atoms with E-state index in [4.69, 9.17) is 4.74 Å². The zero-order chi connectivity index (χ0) is 14.7. The predicted molar refractivity (Wildman–Crippen MR) is 79.7 cm³/mol. The summed E-state index contributed by atoms with van der Waals surface area (Å²) >= 11 is 0. The second-order valence-corrected chi connectivity index (χ2v) is 5.44. The van der Waals surface area contributed by atoms with Gasteiger partial charge in [0.1, 0.15) is 6.61 Å². The third-order valence-corrected chi connectivity index (χ3v) is 3.89. The number of benzene rings is 1. The third-order valence-electron chi connectivity index (χ3n) is 3.89. The van der Waals surface area contributed by atoms with Gasteiger partial charge in [-0.25, -0.2) is 14.8 Å². The Morgan fingerprint density at radius 2 is 2.15 bits per heavy atom. The average Bonchev–Trinajstić information content (AvgIpc) is 2.72. The summed E-state index contributed by atoms with van der Waals surface area (Å²) in [6, 6.07) is 6.23. The van der Waals surface area contributed by atoms with E-state index in [0.717, 1.165) is 29.8 Å². The largest absolute Gasteiger partial charge is 0.448 e. The maximum absolute atomic E-state index is 11.9. The molecule has 110 valence electrons. The molecule has 1 fully saturated rings. The molecule has 1 amide bonds. The SMILES string of the molecule is Cc1ccc(C)c(NC(=O)OCC2CCN(C)N2C)c1. The van der Waals surface area contributed by atoms with Gasteiger partial charge in [-0.05, 0) is 37.5 Å². The summed E-state index contributed by atoms with van der Waals surface area (Å²) in [5.74, 6) is 0. The van der Waals surface area contributed by atoms with Gasteiger partial charge >= 0.3 is 6.09 Å². The minimum Gasteiger partial charge on any atom is -0.448 e. The molecule has 0 spiro atoms. The van der Waals surface area contributed by atoms with Crippen molar-refractivity contribution in [2.24, 2.45) is 0 Å². The molecule has 1 aromatic carbocycles. The van der Waals surface area contributed by atoms with E-state index in [0.29, 0.717) is 6.61 Å². The van der Waals surface area contributed by atoms with Crippen LogP contribution >= 0.6 is 0 Å². The molecule has 1 unspecified atom stereocenters. The first-order chi connectivity index (χ1) is 9.47. The molecule has 5 nitrogen and oxygen atoms in total. The monoisotopic (exact) mass is 277 g/mol. The van der Waals surface area contributed by atoms with Crippen molar-refractivity contribution in [2.75, 3.05) is 32.6 Å². The normalized spacial score (nSPS) is 20.1. The van der Waals surface area contributed by atoms with Crippen LogP contribution in [0.4, 0.5) is 10.5 Å². The van der Waals surface area contributed by atoms with Crippen molar-refractivity contribution in [3.8, 4) is 0 Å². The van der Waals surface area contributed by atoms with Gasteiger partial charge in [0.2, 0.25) is 0 Å². The molecule has 1 heterocycles. The Morgan fingerprint density at radius 3 is 2.80 bits per heavy atom. The number of anilines is 1. The van der Waals surface area contributed by atoms with Gasteiger partial charge < -0.3 is 4.74 Å². The quantitative estimate of drug-likeness (QED) is 0.921. The van der Waals surface area contributed by atoms with E-state index in [-0.39, 0.29) is 12.1 Å². The zero-order valence-corrected chi connectivity index (χ0v) is 12.6. The number of nitrogens with zero attached hydrogens (tertiary/aromatic N) is 2. The van der Waals surface area contributed by atoms with E-state index in [9.17, 15) is 4.79 Å². The van der Waals surface area contributed by atoms with E-state index in [2.05, 4.69) is 15.3 Å². The topological polar surface area (TPSA) is 44.8 Å². The molecule has 0 radical (unpaired) electrons. The highest BCUT2D eigenvalue weighted by Crippen LogP contribution is 2.17. The summed E-state index contributed by atoms with van der Waals surface area (Å²) in [7, 11) is 4.06. The van der Waals surface area contributed by atoms with Crippen LogP contribution in [-0.2, 0) is 4.74 Å². The van der Waals surface area contributed by atoms with Crippen molar-refractivity contribution in [1.82, 2.24) is 10.0 Å². The number of carbonyl (C=O) groups excluding carboxylic acids is 1. The van der Waals surface area contributed by atoms with Crippen LogP contribution in [0.3, 0.4) is 0 Å². The summed E-state index contributed by atoms with van der Waals surface area (Å²) < 4.78 is 5.33. The van der Waals surface area contributed by atoms with Gasteiger partial charge in [-0.2, -0.15) is 0 Å². The van der Waals surface area contributed by atoms with Crippen LogP contribution in [0.15, 0.2) is 18.2 Å². The van der Waals surface area contributed by atoms with Gasteiger partial charge in [0.15, 0.2) is 0 Å². The number of amides is 1. The van der Waals surface area contributed by atoms with E-state index in [1.807, 2.05) is 46.1 Å². The lowest BCUT2D eigenvalue weighted by atomic mass is 10.1. The van der Waals surface area contributed by atoms with E-state index in [1.54, 1.807) is 0 Å². The first-order valence-electron chi connectivity index (χ1n) is 6.92. The molecule has 1 aliphatic rings. The first-order valence-corrected chi connectivity index (χ1v) is 6.92. The Balaban J connectivity index is 1.85. The first kappa shape index (κ1) is 14.8. The van der Waals surface area contributed by atoms with E-state index < -0.39 is 0 Å². The molecular formula is C15H23N3O2. The number of hydrogen-bond acceptors (Lipinski definition) is 4. The second-order valence-electron chi connectivity index (χ2n) is 5.44. The molecule has 0 aromatic heterocycles. The lowest BCUT2D eigenvalue weighted by molar-refractivity contribution is 0.0266. The number of nitrogens with one attached hydrogen (secondary N) is 1. The van der Waals surface area contributed by atoms with Gasteiger partial charge in [0, 0.05) is 26.3 Å². The molecule has 0 bridgehead atoms. The van der Waals surface area contributed by atoms with E-state index in [1.165, 1.54) is 0 Å². The molecule has 1 saturated heterocycles. The van der Waals surface area contributed by atoms with Crippen molar-refractivity contribution in [1.29, 1.82) is 0 Å². The fourth-order valence-corrected chi connectivity index (χ4v) is 2.34. The van der Waals surface area contributed by atoms with Crippen LogP contribution in [0.5, 0.6) is 0 Å². The van der Waals surface area contributed by atoms with Crippen molar-refractivity contribution in [3.63, 3.8) is 0 Å². The van der Waals surface area contributed by atoms with Crippen LogP contribution in [0, 0.1) is 13.8 Å². The molecule has 1 aromatic rings. The Hall–Kier alpha value is -1.59. The maximum Gasteiger partial charge on any atom is 0.411 e. The smallest absolute Gasteiger partial charge is 0.411 e. The summed E-state index contributed by atoms with van der Waals surface area (Å²) in [5, 5.41) is 7.06. The summed E-state index contributed by atoms with van der Waals surface area (Å²) in [6.45, 7) is 5.38. The van der Waals surface area contributed by atoms with Gasteiger partial charge in [-0.1, -0.05) is 12.1 Å². The Labute approximate surface area is 120 Å². The van der Waals surface area contributed by atoms with Crippen molar-refractivity contribution >= 4 is 11.8 Å². The van der Waals surface area contributed by atoms with Gasteiger partial charge in [0.05, 0.1) is 6.04 Å². The highest BCUT2D eigenvalue weighted by molar-refractivity contribution is 5.85.